The molecule has 0 radical (unpaired) electrons. The number of nitrogens with zero attached hydrogens (tertiary/aromatic N) is 8. The van der Waals surface area contributed by atoms with Gasteiger partial charge in [0.05, 0.1) is 44.8 Å². The highest BCUT2D eigenvalue weighted by atomic mass is 16.4. The van der Waals surface area contributed by atoms with E-state index in [0.29, 0.717) is 23.7 Å². The van der Waals surface area contributed by atoms with Crippen molar-refractivity contribution in [3.8, 4) is 79.8 Å². The number of aromatic nitrogens is 8. The third kappa shape index (κ3) is 6.56. The van der Waals surface area contributed by atoms with Crippen molar-refractivity contribution in [1.29, 1.82) is 0 Å². The third-order valence-corrected chi connectivity index (χ3v) is 12.4. The molecule has 0 amide bonds. The van der Waals surface area contributed by atoms with E-state index in [0.717, 1.165) is 99.8 Å². The highest BCUT2D eigenvalue weighted by molar-refractivity contribution is 6.15. The summed E-state index contributed by atoms with van der Waals surface area (Å²) in [6.45, 7) is 0. The molecule has 0 aliphatic rings. The Morgan fingerprint density at radius 3 is 1.25 bits per heavy atom. The maximum Gasteiger partial charge on any atom is 0.248 e. The second kappa shape index (κ2) is 15.7. The second-order valence-electron chi connectivity index (χ2n) is 16.4. The lowest BCUT2D eigenvalue weighted by Crippen LogP contribution is -2.04. The molecule has 0 atom stereocenters. The Labute approximate surface area is 384 Å². The molecule has 13 aromatic rings. The minimum Gasteiger partial charge on any atom is -0.416 e. The standard InChI is InChI=1S/C58H36N8O/c1-5-18-37(19-6-1)46-35-47(38-20-7-2-8-21-38)60-57(59-46)65-51-30-16-14-27-44(51)54-45(28-17-31-52(54)65)56-64-63-55(67-56)41-32-33-43-42-26-13-15-29-50(42)66(53(43)34-41)58-61-48(39-22-9-3-10-23-39)36-49(62-58)40-24-11-4-12-25-40/h1-36H. The van der Waals surface area contributed by atoms with Gasteiger partial charge in [-0.15, -0.1) is 10.2 Å². The Bertz CT molecular complexity index is 3860. The van der Waals surface area contributed by atoms with E-state index in [1.165, 1.54) is 0 Å². The van der Waals surface area contributed by atoms with Gasteiger partial charge < -0.3 is 4.42 Å². The van der Waals surface area contributed by atoms with Gasteiger partial charge >= 0.3 is 0 Å². The lowest BCUT2D eigenvalue weighted by molar-refractivity contribution is 0.585. The molecule has 0 spiro atoms. The molecule has 0 aliphatic heterocycles. The lowest BCUT2D eigenvalue weighted by atomic mass is 10.1. The number of hydrogen-bond donors (Lipinski definition) is 0. The van der Waals surface area contributed by atoms with Crippen molar-refractivity contribution in [2.24, 2.45) is 0 Å². The van der Waals surface area contributed by atoms with Gasteiger partial charge in [0, 0.05) is 54.9 Å². The summed E-state index contributed by atoms with van der Waals surface area (Å²) in [7, 11) is 0. The van der Waals surface area contributed by atoms with Crippen LogP contribution in [0.3, 0.4) is 0 Å². The van der Waals surface area contributed by atoms with Crippen LogP contribution in [0.4, 0.5) is 0 Å². The van der Waals surface area contributed by atoms with Crippen LogP contribution in [0.2, 0.25) is 0 Å². The average molecular weight is 861 g/mol. The molecule has 0 bridgehead atoms. The van der Waals surface area contributed by atoms with Gasteiger partial charge in [-0.05, 0) is 48.5 Å². The maximum atomic E-state index is 6.70. The number of benzene rings is 8. The van der Waals surface area contributed by atoms with Crippen LogP contribution in [0, 0.1) is 0 Å². The van der Waals surface area contributed by atoms with E-state index in [1.54, 1.807) is 0 Å². The van der Waals surface area contributed by atoms with E-state index >= 15 is 0 Å². The number of rotatable bonds is 8. The minimum absolute atomic E-state index is 0.393. The Kier molecular flexibility index (Phi) is 8.95. The highest BCUT2D eigenvalue weighted by Gasteiger charge is 2.23. The van der Waals surface area contributed by atoms with Crippen molar-refractivity contribution < 1.29 is 4.42 Å². The minimum atomic E-state index is 0.393. The predicted molar refractivity (Wildman–Crippen MR) is 267 cm³/mol. The van der Waals surface area contributed by atoms with Crippen molar-refractivity contribution in [1.82, 2.24) is 39.3 Å². The first-order valence-corrected chi connectivity index (χ1v) is 22.1. The normalized spacial score (nSPS) is 11.6. The van der Waals surface area contributed by atoms with E-state index in [4.69, 9.17) is 29.5 Å². The van der Waals surface area contributed by atoms with Crippen LogP contribution in [0.15, 0.2) is 223 Å². The third-order valence-electron chi connectivity index (χ3n) is 12.4. The molecule has 0 saturated heterocycles. The average Bonchev–Trinajstić information content (AvgIpc) is 4.13. The van der Waals surface area contributed by atoms with Gasteiger partial charge in [0.2, 0.25) is 23.7 Å². The molecule has 67 heavy (non-hydrogen) atoms. The van der Waals surface area contributed by atoms with Gasteiger partial charge in [-0.1, -0.05) is 170 Å². The predicted octanol–water partition coefficient (Wildman–Crippen LogP) is 13.8. The first kappa shape index (κ1) is 38.1. The fourth-order valence-electron chi connectivity index (χ4n) is 9.28. The molecule has 5 heterocycles. The molecule has 13 rings (SSSR count). The van der Waals surface area contributed by atoms with Gasteiger partial charge in [0.15, 0.2) is 0 Å². The van der Waals surface area contributed by atoms with E-state index in [-0.39, 0.29) is 0 Å². The summed E-state index contributed by atoms with van der Waals surface area (Å²) in [4.78, 5) is 20.9. The molecule has 9 nitrogen and oxygen atoms in total. The first-order valence-electron chi connectivity index (χ1n) is 22.1. The van der Waals surface area contributed by atoms with Gasteiger partial charge in [-0.25, -0.2) is 19.9 Å². The number of fused-ring (bicyclic) bond motifs is 6. The molecule has 0 aliphatic carbocycles. The molecule has 5 aromatic heterocycles. The summed E-state index contributed by atoms with van der Waals surface area (Å²) in [5, 5.41) is 13.5. The smallest absolute Gasteiger partial charge is 0.248 e. The van der Waals surface area contributed by atoms with Crippen LogP contribution in [-0.4, -0.2) is 39.3 Å². The lowest BCUT2D eigenvalue weighted by Gasteiger charge is -2.12. The summed E-state index contributed by atoms with van der Waals surface area (Å²) < 4.78 is 11.0. The Balaban J connectivity index is 0.961. The van der Waals surface area contributed by atoms with Gasteiger partial charge in [-0.3, -0.25) is 9.13 Å². The molecular weight excluding hydrogens is 825 g/mol. The van der Waals surface area contributed by atoms with Crippen molar-refractivity contribution in [2.75, 3.05) is 0 Å². The second-order valence-corrected chi connectivity index (χ2v) is 16.4. The van der Waals surface area contributed by atoms with Crippen LogP contribution >= 0.6 is 0 Å². The number of para-hydroxylation sites is 2. The van der Waals surface area contributed by atoms with Crippen LogP contribution in [0.1, 0.15) is 0 Å². The summed E-state index contributed by atoms with van der Waals surface area (Å²) in [6, 6.07) is 74.2. The topological polar surface area (TPSA) is 100 Å². The highest BCUT2D eigenvalue weighted by Crippen LogP contribution is 2.40. The molecule has 0 N–H and O–H groups in total. The molecule has 9 heteroatoms. The van der Waals surface area contributed by atoms with Crippen molar-refractivity contribution in [2.45, 2.75) is 0 Å². The van der Waals surface area contributed by atoms with E-state index in [2.05, 4.69) is 129 Å². The van der Waals surface area contributed by atoms with Crippen LogP contribution in [-0.2, 0) is 0 Å². The zero-order valence-corrected chi connectivity index (χ0v) is 35.8. The molecule has 8 aromatic carbocycles. The van der Waals surface area contributed by atoms with Crippen molar-refractivity contribution in [3.05, 3.63) is 218 Å². The van der Waals surface area contributed by atoms with E-state index in [1.807, 2.05) is 103 Å². The van der Waals surface area contributed by atoms with Crippen molar-refractivity contribution in [3.63, 3.8) is 0 Å². The quantitative estimate of drug-likeness (QED) is 0.150. The maximum absolute atomic E-state index is 6.70. The Hall–Kier alpha value is -9.34. The first-order chi connectivity index (χ1) is 33.2. The van der Waals surface area contributed by atoms with Crippen molar-refractivity contribution >= 4 is 43.6 Å². The molecular formula is C58H36N8O. The Morgan fingerprint density at radius 2 is 0.716 bits per heavy atom. The van der Waals surface area contributed by atoms with Crippen LogP contribution < -0.4 is 0 Å². The fourth-order valence-corrected chi connectivity index (χ4v) is 9.28. The monoisotopic (exact) mass is 860 g/mol. The molecule has 0 fully saturated rings. The van der Waals surface area contributed by atoms with E-state index in [9.17, 15) is 0 Å². The Morgan fingerprint density at radius 1 is 0.299 bits per heavy atom. The zero-order chi connectivity index (χ0) is 44.3. The van der Waals surface area contributed by atoms with Crippen LogP contribution in [0.25, 0.3) is 123 Å². The van der Waals surface area contributed by atoms with Gasteiger partial charge in [0.1, 0.15) is 0 Å². The molecule has 0 saturated carbocycles. The van der Waals surface area contributed by atoms with Gasteiger partial charge in [-0.2, -0.15) is 0 Å². The SMILES string of the molecule is c1ccc(-c2cc(-c3ccccc3)nc(-n3c4ccccc4c4ccc(-c5nnc(-c6cccc7c6c6ccccc6n7-c6nc(-c7ccccc7)cc(-c7ccccc7)n6)o5)cc43)n2)cc1. The largest absolute Gasteiger partial charge is 0.416 e. The summed E-state index contributed by atoms with van der Waals surface area (Å²) in [6.07, 6.45) is 0. The summed E-state index contributed by atoms with van der Waals surface area (Å²) in [5.41, 5.74) is 12.7. The molecule has 0 unspecified atom stereocenters. The molecule has 314 valence electrons. The summed E-state index contributed by atoms with van der Waals surface area (Å²) in [5.74, 6) is 1.92. The number of hydrogen-bond acceptors (Lipinski definition) is 7. The van der Waals surface area contributed by atoms with Crippen LogP contribution in [0.5, 0.6) is 0 Å². The van der Waals surface area contributed by atoms with E-state index < -0.39 is 0 Å². The van der Waals surface area contributed by atoms with Gasteiger partial charge in [0.25, 0.3) is 0 Å². The zero-order valence-electron chi connectivity index (χ0n) is 35.8. The fraction of sp³-hybridized carbons (Fsp3) is 0. The summed E-state index contributed by atoms with van der Waals surface area (Å²) >= 11 is 0.